The van der Waals surface area contributed by atoms with E-state index < -0.39 is 75.0 Å². The van der Waals surface area contributed by atoms with E-state index in [1.165, 1.54) is 13.1 Å². The van der Waals surface area contributed by atoms with Crippen molar-refractivity contribution in [3.63, 3.8) is 0 Å². The molecule has 3 unspecified atom stereocenters. The van der Waals surface area contributed by atoms with Crippen molar-refractivity contribution >= 4 is 19.5 Å². The van der Waals surface area contributed by atoms with E-state index in [0.717, 1.165) is 11.0 Å². The zero-order chi connectivity index (χ0) is 31.1. The van der Waals surface area contributed by atoms with Crippen LogP contribution in [-0.4, -0.2) is 83.4 Å². The summed E-state index contributed by atoms with van der Waals surface area (Å²) in [7, 11) is -4.26. The van der Waals surface area contributed by atoms with Crippen LogP contribution < -0.4 is 15.5 Å². The van der Waals surface area contributed by atoms with Crippen LogP contribution in [0.15, 0.2) is 42.1 Å². The zero-order valence-corrected chi connectivity index (χ0v) is 24.8. The lowest BCUT2D eigenvalue weighted by molar-refractivity contribution is -0.149. The third-order valence-corrected chi connectivity index (χ3v) is 7.85. The van der Waals surface area contributed by atoms with Gasteiger partial charge in [-0.2, -0.15) is 0 Å². The number of alkyl halides is 1. The van der Waals surface area contributed by atoms with Gasteiger partial charge in [0.25, 0.3) is 5.91 Å². The van der Waals surface area contributed by atoms with Gasteiger partial charge in [0.15, 0.2) is 12.4 Å². The minimum Gasteiger partial charge on any atom is -0.494 e. The van der Waals surface area contributed by atoms with E-state index in [9.17, 15) is 19.3 Å². The highest BCUT2D eigenvalue weighted by Gasteiger charge is 2.58. The van der Waals surface area contributed by atoms with Gasteiger partial charge >= 0.3 is 13.6 Å². The topological polar surface area (TPSA) is 196 Å². The molecular formula is C24H39FN7O8P. The van der Waals surface area contributed by atoms with Crippen molar-refractivity contribution in [2.24, 2.45) is 5.11 Å². The average molecular weight is 604 g/mol. The zero-order valence-electron chi connectivity index (χ0n) is 23.9. The smallest absolute Gasteiger partial charge is 0.342 e. The number of esters is 1. The quantitative estimate of drug-likeness (QED) is 0.0536. The van der Waals surface area contributed by atoms with E-state index in [1.807, 2.05) is 0 Å². The van der Waals surface area contributed by atoms with Crippen molar-refractivity contribution in [1.29, 1.82) is 0 Å². The largest absolute Gasteiger partial charge is 0.494 e. The molecule has 0 spiro atoms. The fourth-order valence-corrected chi connectivity index (χ4v) is 5.78. The number of nitrogens with zero attached hydrogens (tertiary/aromatic N) is 4. The molecule has 230 valence electrons. The van der Waals surface area contributed by atoms with E-state index in [-0.39, 0.29) is 17.7 Å². The Morgan fingerprint density at radius 3 is 2.46 bits per heavy atom. The van der Waals surface area contributed by atoms with Gasteiger partial charge < -0.3 is 34.1 Å². The van der Waals surface area contributed by atoms with Gasteiger partial charge in [-0.1, -0.05) is 18.3 Å². The van der Waals surface area contributed by atoms with E-state index in [4.69, 9.17) is 24.3 Å². The molecule has 0 aromatic carbocycles. The number of azide groups is 1. The molecule has 0 aromatic rings. The lowest BCUT2D eigenvalue weighted by Gasteiger charge is -2.35. The molecule has 1 saturated heterocycles. The molecule has 41 heavy (non-hydrogen) atoms. The molecule has 1 fully saturated rings. The first-order chi connectivity index (χ1) is 19.0. The molecule has 1 amide bonds. The summed E-state index contributed by atoms with van der Waals surface area (Å²) >= 11 is 0. The summed E-state index contributed by atoms with van der Waals surface area (Å²) in [4.78, 5) is 27.9. The number of carbonyl (C=O) groups is 2. The van der Waals surface area contributed by atoms with Crippen molar-refractivity contribution in [1.82, 2.24) is 20.4 Å². The Morgan fingerprint density at radius 2 is 1.90 bits per heavy atom. The summed E-state index contributed by atoms with van der Waals surface area (Å²) < 4.78 is 51.9. The van der Waals surface area contributed by atoms with Gasteiger partial charge in [-0.3, -0.25) is 14.2 Å². The van der Waals surface area contributed by atoms with Crippen LogP contribution in [0.3, 0.4) is 0 Å². The Bertz CT molecular complexity index is 1100. The van der Waals surface area contributed by atoms with E-state index in [2.05, 4.69) is 38.7 Å². The molecule has 4 N–H and O–H groups in total. The number of amides is 1. The Hall–Kier alpha value is -2.97. The van der Waals surface area contributed by atoms with Gasteiger partial charge in [-0.05, 0) is 47.1 Å². The minimum atomic E-state index is -4.26. The second-order valence-electron chi connectivity index (χ2n) is 10.2. The van der Waals surface area contributed by atoms with Gasteiger partial charge in [-0.15, -0.1) is 0 Å². The maximum atomic E-state index is 15.5. The van der Waals surface area contributed by atoms with Crippen LogP contribution in [0.4, 0.5) is 4.39 Å². The number of nitrogens with one attached hydrogen (secondary N) is 3. The maximum Gasteiger partial charge on any atom is 0.342 e. The first-order valence-corrected chi connectivity index (χ1v) is 14.5. The molecule has 0 radical (unpaired) electrons. The highest BCUT2D eigenvalue weighted by molar-refractivity contribution is 7.54. The summed E-state index contributed by atoms with van der Waals surface area (Å²) in [6.45, 7) is 15.9. The molecule has 7 atom stereocenters. The highest BCUT2D eigenvalue weighted by Crippen LogP contribution is 2.44. The predicted octanol–water partition coefficient (Wildman–Crippen LogP) is 2.48. The van der Waals surface area contributed by atoms with Crippen LogP contribution in [0.5, 0.6) is 0 Å². The molecular weight excluding hydrogens is 564 g/mol. The van der Waals surface area contributed by atoms with Crippen molar-refractivity contribution in [2.45, 2.75) is 89.9 Å². The molecule has 17 heteroatoms. The maximum absolute atomic E-state index is 15.5. The summed E-state index contributed by atoms with van der Waals surface area (Å²) in [5.41, 5.74) is 6.92. The van der Waals surface area contributed by atoms with Crippen LogP contribution in [0.2, 0.25) is 0 Å². The fraction of sp³-hybridized carbons (Fsp3) is 0.667. The van der Waals surface area contributed by atoms with Crippen LogP contribution in [0, 0.1) is 0 Å². The van der Waals surface area contributed by atoms with Crippen LogP contribution >= 0.6 is 7.67 Å². The van der Waals surface area contributed by atoms with Gasteiger partial charge in [0.2, 0.25) is 0 Å². The lowest BCUT2D eigenvalue weighted by atomic mass is 9.97. The molecule has 0 aromatic heterocycles. The number of rotatable bonds is 15. The second-order valence-corrected chi connectivity index (χ2v) is 12.0. The monoisotopic (exact) mass is 603 g/mol. The number of aliphatic hydroxyl groups excluding tert-OH is 1. The number of carbonyl (C=O) groups excluding carboxylic acids is 2. The van der Waals surface area contributed by atoms with Crippen molar-refractivity contribution in [3.05, 3.63) is 47.5 Å². The predicted molar refractivity (Wildman–Crippen MR) is 146 cm³/mol. The fourth-order valence-electron chi connectivity index (χ4n) is 3.89. The first kappa shape index (κ1) is 34.2. The number of hydrogen-bond acceptors (Lipinski definition) is 10. The first-order valence-electron chi connectivity index (χ1n) is 12.9. The molecule has 0 bridgehead atoms. The van der Waals surface area contributed by atoms with E-state index in [0.29, 0.717) is 0 Å². The van der Waals surface area contributed by atoms with Crippen LogP contribution in [0.1, 0.15) is 41.5 Å². The molecule has 0 aliphatic carbocycles. The van der Waals surface area contributed by atoms with Gasteiger partial charge in [-0.25, -0.2) is 14.6 Å². The normalized spacial score (nSPS) is 27.2. The van der Waals surface area contributed by atoms with Crippen LogP contribution in [-0.2, 0) is 32.9 Å². The molecule has 15 nitrogen and oxygen atoms in total. The van der Waals surface area contributed by atoms with E-state index in [1.54, 1.807) is 34.6 Å². The van der Waals surface area contributed by atoms with Crippen LogP contribution in [0.25, 0.3) is 10.4 Å². The molecule has 2 aliphatic heterocycles. The summed E-state index contributed by atoms with van der Waals surface area (Å²) in [6, 6.07) is -1.92. The Labute approximate surface area is 238 Å². The highest BCUT2D eigenvalue weighted by atomic mass is 31.2. The Kier molecular flexibility index (Phi) is 11.9. The summed E-state index contributed by atoms with van der Waals surface area (Å²) in [5, 5.41) is 22.1. The van der Waals surface area contributed by atoms with Gasteiger partial charge in [0.1, 0.15) is 29.3 Å². The van der Waals surface area contributed by atoms with E-state index >= 15 is 4.39 Å². The summed E-state index contributed by atoms with van der Waals surface area (Å²) in [6.07, 6.45) is -3.94. The number of ether oxygens (including phenoxy) is 3. The Balaban J connectivity index is 2.38. The molecule has 2 aliphatic rings. The SMILES string of the molecule is C=C(OC(C)C)C(C)NP(=O)(NC(C)C(=O)OC(C)C)OC[C@@]1(CN=[N+]=[N-])O[C@@H](N2C=CC(=O)NC2=C)[C@H](F)[C@@H]1O. The Morgan fingerprint density at radius 1 is 1.29 bits per heavy atom. The average Bonchev–Trinajstić information content (AvgIpc) is 3.11. The third-order valence-electron chi connectivity index (χ3n) is 5.90. The molecule has 2 rings (SSSR count). The minimum absolute atomic E-state index is 0.0261. The number of aliphatic hydroxyl groups is 1. The molecule has 2 heterocycles. The third kappa shape index (κ3) is 9.01. The van der Waals surface area contributed by atoms with Crippen molar-refractivity contribution < 1.29 is 42.4 Å². The number of hydrogen-bond donors (Lipinski definition) is 4. The molecule has 0 saturated carbocycles. The van der Waals surface area contributed by atoms with Crippen molar-refractivity contribution in [2.75, 3.05) is 13.2 Å². The number of halogens is 1. The lowest BCUT2D eigenvalue weighted by Crippen LogP contribution is -2.50. The standard InChI is InChI=1S/C24H39FN7O8P/c1-13(2)38-17(7)15(5)29-41(36,30-16(6)23(35)39-14(3)4)37-12-24(11-27-31-26)21(34)20(25)22(40-24)32-10-9-19(33)28-18(32)8/h9-10,13-16,20-22,34H,7-8,11-12H2,1-6H3,(H,28,33)(H2,29,30,36)/t15?,16?,20-,21+,22-,24-,41?/m1/s1. The summed E-state index contributed by atoms with van der Waals surface area (Å²) in [5.74, 6) is -1.03. The second kappa shape index (κ2) is 14.3. The van der Waals surface area contributed by atoms with Crippen molar-refractivity contribution in [3.8, 4) is 0 Å². The van der Waals surface area contributed by atoms with Gasteiger partial charge in [0.05, 0.1) is 31.4 Å². The van der Waals surface area contributed by atoms with Gasteiger partial charge in [0, 0.05) is 17.2 Å².